The highest BCUT2D eigenvalue weighted by atomic mass is 16.7. The Hall–Kier alpha value is -3.02. The Morgan fingerprint density at radius 2 is 1.53 bits per heavy atom. The first kappa shape index (κ1) is 23.6. The van der Waals surface area contributed by atoms with Crippen molar-refractivity contribution in [3.8, 4) is 11.5 Å². The maximum Gasteiger partial charge on any atom is 0.272 e. The highest BCUT2D eigenvalue weighted by Gasteiger charge is 2.28. The minimum absolute atomic E-state index is 0.0771. The lowest BCUT2D eigenvalue weighted by Gasteiger charge is -2.32. The minimum Gasteiger partial charge on any atom is -0.454 e. The van der Waals surface area contributed by atoms with Crippen LogP contribution >= 0.6 is 0 Å². The maximum atomic E-state index is 13.6. The lowest BCUT2D eigenvalue weighted by atomic mass is 10.0. The van der Waals surface area contributed by atoms with Gasteiger partial charge in [-0.25, -0.2) is 5.01 Å². The monoisotopic (exact) mass is 438 g/mol. The summed E-state index contributed by atoms with van der Waals surface area (Å²) in [6.07, 6.45) is 6.61. The summed E-state index contributed by atoms with van der Waals surface area (Å²) in [5, 5.41) is 1.54. The molecule has 6 nitrogen and oxygen atoms in total. The number of carbonyl (C=O) groups is 2. The van der Waals surface area contributed by atoms with Crippen LogP contribution in [0.25, 0.3) is 0 Å². The van der Waals surface area contributed by atoms with Crippen LogP contribution in [0.2, 0.25) is 0 Å². The highest BCUT2D eigenvalue weighted by molar-refractivity contribution is 5.99. The molecule has 2 amide bonds. The Balaban J connectivity index is 1.87. The molecule has 0 spiro atoms. The van der Waals surface area contributed by atoms with Crippen LogP contribution in [0, 0.1) is 0 Å². The number of benzene rings is 2. The zero-order valence-electron chi connectivity index (χ0n) is 19.4. The second kappa shape index (κ2) is 11.6. The van der Waals surface area contributed by atoms with Gasteiger partial charge in [-0.05, 0) is 55.2 Å². The average Bonchev–Trinajstić information content (AvgIpc) is 3.30. The highest BCUT2D eigenvalue weighted by Crippen LogP contribution is 2.33. The maximum absolute atomic E-state index is 13.6. The number of unbranched alkanes of at least 4 members (excludes halogenated alkanes) is 2. The number of amides is 2. The van der Waals surface area contributed by atoms with Crippen molar-refractivity contribution in [3.05, 3.63) is 59.2 Å². The van der Waals surface area contributed by atoms with Crippen LogP contribution in [-0.4, -0.2) is 29.7 Å². The Morgan fingerprint density at radius 1 is 0.906 bits per heavy atom. The third-order valence-corrected chi connectivity index (χ3v) is 5.83. The van der Waals surface area contributed by atoms with Gasteiger partial charge >= 0.3 is 0 Å². The van der Waals surface area contributed by atoms with E-state index in [4.69, 9.17) is 9.47 Å². The lowest BCUT2D eigenvalue weighted by molar-refractivity contribution is 0.0450. The summed E-state index contributed by atoms with van der Waals surface area (Å²) < 4.78 is 10.8. The smallest absolute Gasteiger partial charge is 0.272 e. The van der Waals surface area contributed by atoms with E-state index in [1.54, 1.807) is 23.2 Å². The predicted octanol–water partition coefficient (Wildman–Crippen LogP) is 5.51. The van der Waals surface area contributed by atoms with Gasteiger partial charge in [0.05, 0.1) is 6.04 Å². The molecule has 0 aliphatic carbocycles. The van der Waals surface area contributed by atoms with E-state index in [1.165, 1.54) is 5.56 Å². The van der Waals surface area contributed by atoms with Gasteiger partial charge < -0.3 is 9.47 Å². The molecule has 6 heteroatoms. The van der Waals surface area contributed by atoms with Crippen LogP contribution in [0.5, 0.6) is 11.5 Å². The Bertz CT molecular complexity index is 903. The molecule has 0 aromatic heterocycles. The first-order valence-corrected chi connectivity index (χ1v) is 11.7. The molecule has 1 N–H and O–H groups in total. The molecule has 32 heavy (non-hydrogen) atoms. The van der Waals surface area contributed by atoms with Crippen molar-refractivity contribution in [2.75, 3.05) is 6.79 Å². The number of hydrazine groups is 1. The van der Waals surface area contributed by atoms with E-state index in [2.05, 4.69) is 26.2 Å². The molecule has 0 atom stereocenters. The van der Waals surface area contributed by atoms with E-state index in [-0.39, 0.29) is 24.6 Å². The van der Waals surface area contributed by atoms with Gasteiger partial charge in [-0.3, -0.25) is 15.0 Å². The number of hydrogen-bond acceptors (Lipinski definition) is 4. The summed E-state index contributed by atoms with van der Waals surface area (Å²) in [5.74, 6) is 0.663. The van der Waals surface area contributed by atoms with Crippen LogP contribution in [-0.2, 0) is 6.42 Å². The van der Waals surface area contributed by atoms with Gasteiger partial charge in [-0.2, -0.15) is 0 Å². The Labute approximate surface area is 190 Å². The molecule has 0 fully saturated rings. The van der Waals surface area contributed by atoms with Gasteiger partial charge in [0, 0.05) is 11.1 Å². The molecule has 0 saturated heterocycles. The fourth-order valence-corrected chi connectivity index (χ4v) is 3.82. The van der Waals surface area contributed by atoms with E-state index in [9.17, 15) is 9.59 Å². The molecular formula is C26H34N2O4. The van der Waals surface area contributed by atoms with Crippen molar-refractivity contribution < 1.29 is 19.1 Å². The SMILES string of the molecule is CCCCC(CCCC)N(NC(=O)c1ccc(CC)cc1)C(=O)c1ccc2c(c1)OCO2. The molecule has 2 aromatic carbocycles. The summed E-state index contributed by atoms with van der Waals surface area (Å²) >= 11 is 0. The summed E-state index contributed by atoms with van der Waals surface area (Å²) in [6.45, 7) is 6.49. The number of hydrogen-bond donors (Lipinski definition) is 1. The van der Waals surface area contributed by atoms with E-state index < -0.39 is 0 Å². The second-order valence-electron chi connectivity index (χ2n) is 8.17. The third kappa shape index (κ3) is 5.81. The number of rotatable bonds is 10. The number of aryl methyl sites for hydroxylation is 1. The summed E-state index contributed by atoms with van der Waals surface area (Å²) in [5.41, 5.74) is 5.10. The fraction of sp³-hybridized carbons (Fsp3) is 0.462. The molecule has 0 saturated carbocycles. The van der Waals surface area contributed by atoms with Gasteiger partial charge in [-0.15, -0.1) is 0 Å². The van der Waals surface area contributed by atoms with E-state index >= 15 is 0 Å². The van der Waals surface area contributed by atoms with E-state index in [0.717, 1.165) is 44.9 Å². The molecule has 172 valence electrons. The molecule has 0 bridgehead atoms. The summed E-state index contributed by atoms with van der Waals surface area (Å²) in [7, 11) is 0. The summed E-state index contributed by atoms with van der Waals surface area (Å²) in [6, 6.07) is 12.6. The van der Waals surface area contributed by atoms with Crippen LogP contribution in [0.4, 0.5) is 0 Å². The number of carbonyl (C=O) groups excluding carboxylic acids is 2. The van der Waals surface area contributed by atoms with Gasteiger partial charge in [-0.1, -0.05) is 58.6 Å². The molecule has 3 rings (SSSR count). The van der Waals surface area contributed by atoms with Crippen molar-refractivity contribution in [2.24, 2.45) is 0 Å². The first-order chi connectivity index (χ1) is 15.6. The number of nitrogens with one attached hydrogen (secondary N) is 1. The molecule has 2 aromatic rings. The van der Waals surface area contributed by atoms with Crippen molar-refractivity contribution in [2.45, 2.75) is 71.8 Å². The normalized spacial score (nSPS) is 12.1. The molecule has 0 radical (unpaired) electrons. The van der Waals surface area contributed by atoms with Crippen molar-refractivity contribution in [1.29, 1.82) is 0 Å². The standard InChI is InChI=1S/C26H34N2O4/c1-4-7-9-22(10-8-5-2)28(27-25(29)20-13-11-19(6-3)12-14-20)26(30)21-15-16-23-24(17-21)32-18-31-23/h11-17,22H,4-10,18H2,1-3H3,(H,27,29). The van der Waals surface area contributed by atoms with Crippen molar-refractivity contribution in [3.63, 3.8) is 0 Å². The Kier molecular flexibility index (Phi) is 8.54. The topological polar surface area (TPSA) is 67.9 Å². The third-order valence-electron chi connectivity index (χ3n) is 5.83. The molecule has 1 aliphatic heterocycles. The summed E-state index contributed by atoms with van der Waals surface area (Å²) in [4.78, 5) is 26.7. The molecule has 1 heterocycles. The quantitative estimate of drug-likeness (QED) is 0.497. The van der Waals surface area contributed by atoms with Crippen LogP contribution in [0.15, 0.2) is 42.5 Å². The number of nitrogens with zero attached hydrogens (tertiary/aromatic N) is 1. The van der Waals surface area contributed by atoms with Crippen LogP contribution < -0.4 is 14.9 Å². The molecule has 1 aliphatic rings. The molecule has 0 unspecified atom stereocenters. The zero-order valence-corrected chi connectivity index (χ0v) is 19.4. The van der Waals surface area contributed by atoms with Gasteiger partial charge in [0.15, 0.2) is 11.5 Å². The minimum atomic E-state index is -0.278. The fourth-order valence-electron chi connectivity index (χ4n) is 3.82. The van der Waals surface area contributed by atoms with Crippen LogP contribution in [0.1, 0.15) is 85.6 Å². The van der Waals surface area contributed by atoms with Crippen molar-refractivity contribution in [1.82, 2.24) is 10.4 Å². The predicted molar refractivity (Wildman–Crippen MR) is 125 cm³/mol. The van der Waals surface area contributed by atoms with Gasteiger partial charge in [0.2, 0.25) is 6.79 Å². The molecular weight excluding hydrogens is 404 g/mol. The largest absolute Gasteiger partial charge is 0.454 e. The van der Waals surface area contributed by atoms with Crippen molar-refractivity contribution >= 4 is 11.8 Å². The van der Waals surface area contributed by atoms with Gasteiger partial charge in [0.25, 0.3) is 11.8 Å². The zero-order chi connectivity index (χ0) is 22.9. The Morgan fingerprint density at radius 3 is 2.16 bits per heavy atom. The second-order valence-corrected chi connectivity index (χ2v) is 8.17. The van der Waals surface area contributed by atoms with Crippen LogP contribution in [0.3, 0.4) is 0 Å². The first-order valence-electron chi connectivity index (χ1n) is 11.7. The lowest BCUT2D eigenvalue weighted by Crippen LogP contribution is -2.52. The number of ether oxygens (including phenoxy) is 2. The van der Waals surface area contributed by atoms with E-state index in [0.29, 0.717) is 22.6 Å². The average molecular weight is 439 g/mol. The van der Waals surface area contributed by atoms with Gasteiger partial charge in [0.1, 0.15) is 0 Å². The van der Waals surface area contributed by atoms with E-state index in [1.807, 2.05) is 24.3 Å². The number of fused-ring (bicyclic) bond motifs is 1.